The van der Waals surface area contributed by atoms with Crippen molar-refractivity contribution in [1.29, 1.82) is 0 Å². The highest BCUT2D eigenvalue weighted by Crippen LogP contribution is 1.93. The average Bonchev–Trinajstić information content (AvgIpc) is 2.45. The smallest absolute Gasteiger partial charge is 0.223 e. The molecule has 1 aromatic rings. The van der Waals surface area contributed by atoms with Crippen LogP contribution in [0.4, 0.5) is 0 Å². The highest BCUT2D eigenvalue weighted by molar-refractivity contribution is 7.84. The summed E-state index contributed by atoms with van der Waals surface area (Å²) in [5, 5.41) is 6.78. The van der Waals surface area contributed by atoms with Gasteiger partial charge in [-0.05, 0) is 0 Å². The van der Waals surface area contributed by atoms with Crippen LogP contribution < -0.4 is 5.32 Å². The van der Waals surface area contributed by atoms with Gasteiger partial charge < -0.3 is 9.84 Å². The minimum atomic E-state index is -0.745. The molecule has 6 heteroatoms. The fourth-order valence-electron chi connectivity index (χ4n) is 0.829. The van der Waals surface area contributed by atoms with Gasteiger partial charge in [0.2, 0.25) is 5.89 Å². The Morgan fingerprint density at radius 1 is 1.62 bits per heavy atom. The van der Waals surface area contributed by atoms with Gasteiger partial charge in [0.25, 0.3) is 0 Å². The standard InChI is InChI=1S/C7H13N3O2S/c1-6-9-7(10-12-6)5-8-3-4-13(2)11/h8H,3-5H2,1-2H3. The second kappa shape index (κ2) is 5.08. The molecule has 1 N–H and O–H groups in total. The molecule has 0 amide bonds. The first-order valence-corrected chi connectivity index (χ1v) is 5.71. The Hall–Kier alpha value is -0.750. The van der Waals surface area contributed by atoms with Crippen molar-refractivity contribution in [3.05, 3.63) is 11.7 Å². The van der Waals surface area contributed by atoms with Gasteiger partial charge in [-0.1, -0.05) is 5.16 Å². The van der Waals surface area contributed by atoms with E-state index < -0.39 is 10.8 Å². The van der Waals surface area contributed by atoms with E-state index in [1.54, 1.807) is 13.2 Å². The Morgan fingerprint density at radius 2 is 2.38 bits per heavy atom. The van der Waals surface area contributed by atoms with Crippen LogP contribution in [0.2, 0.25) is 0 Å². The Kier molecular flexibility index (Phi) is 4.04. The van der Waals surface area contributed by atoms with Crippen LogP contribution in [-0.2, 0) is 17.3 Å². The van der Waals surface area contributed by atoms with Crippen LogP contribution in [0, 0.1) is 6.92 Å². The lowest BCUT2D eigenvalue weighted by Gasteiger charge is -1.97. The molecule has 0 saturated heterocycles. The molecule has 74 valence electrons. The van der Waals surface area contributed by atoms with E-state index in [0.717, 1.165) is 0 Å². The van der Waals surface area contributed by atoms with E-state index in [-0.39, 0.29) is 0 Å². The maximum Gasteiger partial charge on any atom is 0.223 e. The lowest BCUT2D eigenvalue weighted by molar-refractivity contribution is 0.386. The average molecular weight is 203 g/mol. The third-order valence-corrected chi connectivity index (χ3v) is 2.20. The zero-order valence-corrected chi connectivity index (χ0v) is 8.56. The second-order valence-electron chi connectivity index (χ2n) is 2.68. The molecule has 1 aromatic heterocycles. The number of hydrogen-bond acceptors (Lipinski definition) is 5. The minimum absolute atomic E-state index is 0.564. The Morgan fingerprint density at radius 3 is 2.92 bits per heavy atom. The van der Waals surface area contributed by atoms with E-state index in [2.05, 4.69) is 15.5 Å². The number of hydrogen-bond donors (Lipinski definition) is 1. The van der Waals surface area contributed by atoms with E-state index in [0.29, 0.717) is 30.6 Å². The maximum atomic E-state index is 10.7. The van der Waals surface area contributed by atoms with Gasteiger partial charge >= 0.3 is 0 Å². The summed E-state index contributed by atoms with van der Waals surface area (Å²) < 4.78 is 15.5. The predicted molar refractivity (Wildman–Crippen MR) is 49.7 cm³/mol. The number of nitrogens with one attached hydrogen (secondary N) is 1. The van der Waals surface area contributed by atoms with Gasteiger partial charge in [-0.3, -0.25) is 4.21 Å². The summed E-state index contributed by atoms with van der Waals surface area (Å²) in [4.78, 5) is 4.01. The number of nitrogens with zero attached hydrogens (tertiary/aromatic N) is 2. The minimum Gasteiger partial charge on any atom is -0.340 e. The lowest BCUT2D eigenvalue weighted by atomic mass is 10.6. The van der Waals surface area contributed by atoms with Gasteiger partial charge in [0, 0.05) is 36.3 Å². The predicted octanol–water partition coefficient (Wildman–Crippen LogP) is -0.154. The van der Waals surface area contributed by atoms with Gasteiger partial charge in [-0.15, -0.1) is 0 Å². The molecule has 1 rings (SSSR count). The van der Waals surface area contributed by atoms with Gasteiger partial charge in [0.15, 0.2) is 5.82 Å². The van der Waals surface area contributed by atoms with Crippen molar-refractivity contribution in [2.24, 2.45) is 0 Å². The van der Waals surface area contributed by atoms with Crippen LogP contribution in [0.15, 0.2) is 4.52 Å². The van der Waals surface area contributed by atoms with Gasteiger partial charge in [0.1, 0.15) is 0 Å². The molecular formula is C7H13N3O2S. The summed E-state index contributed by atoms with van der Waals surface area (Å²) in [7, 11) is -0.745. The second-order valence-corrected chi connectivity index (χ2v) is 4.24. The zero-order chi connectivity index (χ0) is 9.68. The maximum absolute atomic E-state index is 10.7. The normalized spacial score (nSPS) is 13.1. The monoisotopic (exact) mass is 203 g/mol. The lowest BCUT2D eigenvalue weighted by Crippen LogP contribution is -2.20. The molecule has 5 nitrogen and oxygen atoms in total. The highest BCUT2D eigenvalue weighted by Gasteiger charge is 2.00. The molecule has 0 aliphatic carbocycles. The zero-order valence-electron chi connectivity index (χ0n) is 7.74. The molecule has 0 aromatic carbocycles. The first-order valence-electron chi connectivity index (χ1n) is 3.98. The first kappa shape index (κ1) is 10.3. The Balaban J connectivity index is 2.16. The first-order chi connectivity index (χ1) is 6.18. The van der Waals surface area contributed by atoms with E-state index in [9.17, 15) is 4.21 Å². The number of aromatic nitrogens is 2. The van der Waals surface area contributed by atoms with Crippen molar-refractivity contribution in [2.75, 3.05) is 18.6 Å². The molecule has 1 atom stereocenters. The molecular weight excluding hydrogens is 190 g/mol. The molecule has 0 saturated carbocycles. The third-order valence-electron chi connectivity index (χ3n) is 1.42. The van der Waals surface area contributed by atoms with Crippen molar-refractivity contribution in [1.82, 2.24) is 15.5 Å². The van der Waals surface area contributed by atoms with Gasteiger partial charge in [0.05, 0.1) is 6.54 Å². The van der Waals surface area contributed by atoms with E-state index in [4.69, 9.17) is 4.52 Å². The van der Waals surface area contributed by atoms with Crippen molar-refractivity contribution in [3.8, 4) is 0 Å². The molecule has 0 radical (unpaired) electrons. The number of aryl methyl sites for hydroxylation is 1. The molecule has 0 bridgehead atoms. The van der Waals surface area contributed by atoms with Crippen LogP contribution in [0.5, 0.6) is 0 Å². The van der Waals surface area contributed by atoms with Gasteiger partial charge in [-0.2, -0.15) is 4.98 Å². The molecule has 0 spiro atoms. The molecule has 1 unspecified atom stereocenters. The largest absolute Gasteiger partial charge is 0.340 e. The number of rotatable bonds is 5. The molecule has 13 heavy (non-hydrogen) atoms. The summed E-state index contributed by atoms with van der Waals surface area (Å²) in [6.45, 7) is 3.02. The SMILES string of the molecule is Cc1nc(CNCCS(C)=O)no1. The summed E-state index contributed by atoms with van der Waals surface area (Å²) in [6, 6.07) is 0. The van der Waals surface area contributed by atoms with Crippen molar-refractivity contribution < 1.29 is 8.73 Å². The molecule has 1 heterocycles. The van der Waals surface area contributed by atoms with E-state index >= 15 is 0 Å². The third kappa shape index (κ3) is 4.14. The Bertz CT molecular complexity index is 287. The topological polar surface area (TPSA) is 68.0 Å². The summed E-state index contributed by atoms with van der Waals surface area (Å²) in [6.07, 6.45) is 1.68. The van der Waals surface area contributed by atoms with Crippen molar-refractivity contribution >= 4 is 10.8 Å². The summed E-state index contributed by atoms with van der Waals surface area (Å²) in [5.41, 5.74) is 0. The van der Waals surface area contributed by atoms with Crippen molar-refractivity contribution in [3.63, 3.8) is 0 Å². The van der Waals surface area contributed by atoms with Crippen LogP contribution in [-0.4, -0.2) is 32.9 Å². The quantitative estimate of drug-likeness (QED) is 0.674. The van der Waals surface area contributed by atoms with Crippen LogP contribution >= 0.6 is 0 Å². The molecule has 0 fully saturated rings. The summed E-state index contributed by atoms with van der Waals surface area (Å²) in [5.74, 6) is 1.85. The fraction of sp³-hybridized carbons (Fsp3) is 0.714. The Labute approximate surface area is 79.4 Å². The summed E-state index contributed by atoms with van der Waals surface area (Å²) >= 11 is 0. The van der Waals surface area contributed by atoms with Crippen LogP contribution in [0.3, 0.4) is 0 Å². The van der Waals surface area contributed by atoms with Gasteiger partial charge in [-0.25, -0.2) is 0 Å². The molecule has 0 aliphatic heterocycles. The van der Waals surface area contributed by atoms with Crippen LogP contribution in [0.25, 0.3) is 0 Å². The highest BCUT2D eigenvalue weighted by atomic mass is 32.2. The molecule has 0 aliphatic rings. The van der Waals surface area contributed by atoms with Crippen molar-refractivity contribution in [2.45, 2.75) is 13.5 Å². The van der Waals surface area contributed by atoms with Crippen LogP contribution in [0.1, 0.15) is 11.7 Å². The van der Waals surface area contributed by atoms with E-state index in [1.807, 2.05) is 0 Å². The fourth-order valence-corrected chi connectivity index (χ4v) is 1.26. The van der Waals surface area contributed by atoms with E-state index in [1.165, 1.54) is 0 Å².